The largest absolute Gasteiger partial charge is 0.476 e. The van der Waals surface area contributed by atoms with E-state index in [0.717, 1.165) is 27.8 Å². The number of amides is 3. The highest BCUT2D eigenvalue weighted by Gasteiger charge is 2.43. The summed E-state index contributed by atoms with van der Waals surface area (Å²) in [5.74, 6) is -0.125. The summed E-state index contributed by atoms with van der Waals surface area (Å²) in [6.07, 6.45) is 2.69. The van der Waals surface area contributed by atoms with Gasteiger partial charge in [0.1, 0.15) is 16.4 Å². The van der Waals surface area contributed by atoms with Crippen molar-refractivity contribution in [2.75, 3.05) is 35.4 Å². The normalized spacial score (nSPS) is 20.2. The standard InChI is InChI=1S/C25H28F3N7O5S/c1-41(38,39)8-2-7-40-23-20-10-17(12-30-22(20)32-33-23)31-16-3-5-18(6-4-16)35-21(36)14-34(24(35)37)19-9-15(11-29-13-19)25(26,27)28/h9-13,16,18,31H,2-8,14H2,1H3,(H,30,32,33). The predicted molar refractivity (Wildman–Crippen MR) is 142 cm³/mol. The first-order valence-electron chi connectivity index (χ1n) is 13.0. The lowest BCUT2D eigenvalue weighted by atomic mass is 9.90. The molecule has 3 amide bonds. The van der Waals surface area contributed by atoms with E-state index in [1.54, 1.807) is 6.20 Å². The summed E-state index contributed by atoms with van der Waals surface area (Å²) in [6.45, 7) is -0.153. The van der Waals surface area contributed by atoms with Gasteiger partial charge in [0.2, 0.25) is 5.88 Å². The van der Waals surface area contributed by atoms with E-state index in [-0.39, 0.29) is 36.7 Å². The Labute approximate surface area is 233 Å². The van der Waals surface area contributed by atoms with Crippen molar-refractivity contribution in [3.63, 3.8) is 0 Å². The van der Waals surface area contributed by atoms with E-state index in [2.05, 4.69) is 25.5 Å². The highest BCUT2D eigenvalue weighted by Crippen LogP contribution is 2.34. The molecule has 5 rings (SSSR count). The third kappa shape index (κ3) is 6.52. The zero-order valence-corrected chi connectivity index (χ0v) is 22.8. The molecule has 1 aliphatic carbocycles. The molecular formula is C25H28F3N7O5S. The van der Waals surface area contributed by atoms with Crippen LogP contribution in [0.25, 0.3) is 11.0 Å². The molecule has 0 unspecified atom stereocenters. The molecule has 0 spiro atoms. The zero-order valence-electron chi connectivity index (χ0n) is 22.0. The summed E-state index contributed by atoms with van der Waals surface area (Å²) in [6, 6.07) is 1.68. The first-order valence-corrected chi connectivity index (χ1v) is 15.0. The number of urea groups is 1. The summed E-state index contributed by atoms with van der Waals surface area (Å²) in [5, 5.41) is 10.9. The number of carbonyl (C=O) groups is 2. The maximum atomic E-state index is 13.1. The monoisotopic (exact) mass is 595 g/mol. The van der Waals surface area contributed by atoms with Crippen LogP contribution in [0.1, 0.15) is 37.7 Å². The van der Waals surface area contributed by atoms with Gasteiger partial charge in [-0.15, -0.1) is 5.10 Å². The molecule has 4 heterocycles. The molecule has 1 saturated carbocycles. The van der Waals surface area contributed by atoms with Crippen molar-refractivity contribution in [3.8, 4) is 5.88 Å². The van der Waals surface area contributed by atoms with Gasteiger partial charge >= 0.3 is 12.2 Å². The van der Waals surface area contributed by atoms with E-state index in [4.69, 9.17) is 4.74 Å². The summed E-state index contributed by atoms with van der Waals surface area (Å²) < 4.78 is 67.6. The third-order valence-corrected chi connectivity index (χ3v) is 8.10. The highest BCUT2D eigenvalue weighted by molar-refractivity contribution is 7.90. The lowest BCUT2D eigenvalue weighted by Gasteiger charge is -2.34. The number of anilines is 2. The molecule has 0 bridgehead atoms. The number of aromatic nitrogens is 4. The molecular weight excluding hydrogens is 567 g/mol. The average Bonchev–Trinajstić information content (AvgIpc) is 3.45. The molecule has 1 saturated heterocycles. The number of imide groups is 1. The van der Waals surface area contributed by atoms with Crippen molar-refractivity contribution in [1.82, 2.24) is 25.1 Å². The molecule has 220 valence electrons. The van der Waals surface area contributed by atoms with Crippen LogP contribution in [0.15, 0.2) is 30.7 Å². The van der Waals surface area contributed by atoms with E-state index in [1.807, 2.05) is 6.07 Å². The molecule has 2 aliphatic rings. The van der Waals surface area contributed by atoms with Crippen molar-refractivity contribution in [3.05, 3.63) is 36.3 Å². The Morgan fingerprint density at radius 1 is 1.12 bits per heavy atom. The molecule has 3 aromatic rings. The molecule has 0 atom stereocenters. The van der Waals surface area contributed by atoms with Gasteiger partial charge in [0.15, 0.2) is 5.65 Å². The number of nitrogens with one attached hydrogen (secondary N) is 2. The predicted octanol–water partition coefficient (Wildman–Crippen LogP) is 3.38. The van der Waals surface area contributed by atoms with Crippen LogP contribution < -0.4 is 15.0 Å². The number of rotatable bonds is 9. The summed E-state index contributed by atoms with van der Waals surface area (Å²) in [7, 11) is -3.08. The van der Waals surface area contributed by atoms with E-state index < -0.39 is 33.5 Å². The van der Waals surface area contributed by atoms with E-state index in [9.17, 15) is 31.2 Å². The number of H-pyrrole nitrogens is 1. The van der Waals surface area contributed by atoms with Crippen LogP contribution in [0.2, 0.25) is 0 Å². The van der Waals surface area contributed by atoms with Gasteiger partial charge in [-0.1, -0.05) is 0 Å². The number of nitrogens with zero attached hydrogens (tertiary/aromatic N) is 5. The Morgan fingerprint density at radius 2 is 1.88 bits per heavy atom. The molecule has 0 radical (unpaired) electrons. The van der Waals surface area contributed by atoms with Crippen molar-refractivity contribution >= 4 is 44.2 Å². The summed E-state index contributed by atoms with van der Waals surface area (Å²) in [4.78, 5) is 36.0. The fourth-order valence-corrected chi connectivity index (χ4v) is 5.72. The van der Waals surface area contributed by atoms with Gasteiger partial charge in [0.25, 0.3) is 5.91 Å². The minimum absolute atomic E-state index is 0.0121. The number of hydrogen-bond acceptors (Lipinski definition) is 9. The highest BCUT2D eigenvalue weighted by atomic mass is 32.2. The van der Waals surface area contributed by atoms with Crippen LogP contribution in [0, 0.1) is 0 Å². The lowest BCUT2D eigenvalue weighted by molar-refractivity contribution is -0.137. The Morgan fingerprint density at radius 3 is 2.59 bits per heavy atom. The molecule has 3 aromatic heterocycles. The Balaban J connectivity index is 1.18. The van der Waals surface area contributed by atoms with Crippen LogP contribution in [0.4, 0.5) is 29.3 Å². The second kappa shape index (κ2) is 11.1. The van der Waals surface area contributed by atoms with Gasteiger partial charge in [-0.2, -0.15) is 13.2 Å². The minimum atomic E-state index is -4.62. The van der Waals surface area contributed by atoms with E-state index in [1.165, 1.54) is 6.26 Å². The summed E-state index contributed by atoms with van der Waals surface area (Å²) in [5.41, 5.74) is 0.176. The zero-order chi connectivity index (χ0) is 29.4. The fourth-order valence-electron chi connectivity index (χ4n) is 5.08. The van der Waals surface area contributed by atoms with Gasteiger partial charge in [0, 0.05) is 24.5 Å². The van der Waals surface area contributed by atoms with Gasteiger partial charge in [-0.05, 0) is 44.2 Å². The maximum Gasteiger partial charge on any atom is 0.417 e. The number of pyridine rings is 2. The van der Waals surface area contributed by atoms with Gasteiger partial charge < -0.3 is 10.1 Å². The van der Waals surface area contributed by atoms with Crippen LogP contribution in [0.5, 0.6) is 5.88 Å². The molecule has 16 heteroatoms. The Bertz CT molecular complexity index is 1550. The molecule has 2 fully saturated rings. The van der Waals surface area contributed by atoms with Crippen molar-refractivity contribution in [2.24, 2.45) is 0 Å². The number of carbonyl (C=O) groups excluding carboxylic acids is 2. The minimum Gasteiger partial charge on any atom is -0.476 e. The number of halogens is 3. The van der Waals surface area contributed by atoms with Gasteiger partial charge in [-0.25, -0.2) is 18.2 Å². The Hall–Kier alpha value is -3.95. The molecule has 2 N–H and O–H groups in total. The average molecular weight is 596 g/mol. The second-order valence-corrected chi connectivity index (χ2v) is 12.5. The Kier molecular flexibility index (Phi) is 7.76. The van der Waals surface area contributed by atoms with Crippen LogP contribution >= 0.6 is 0 Å². The molecule has 41 heavy (non-hydrogen) atoms. The number of fused-ring (bicyclic) bond motifs is 1. The molecule has 0 aromatic carbocycles. The van der Waals surface area contributed by atoms with Crippen LogP contribution in [0.3, 0.4) is 0 Å². The number of alkyl halides is 3. The SMILES string of the molecule is CS(=O)(=O)CCCOc1n[nH]c2ncc(NC3CCC(N4C(=O)CN(c5cncc(C(F)(F)F)c5)C4=O)CC3)cc12. The fraction of sp³-hybridized carbons (Fsp3) is 0.480. The van der Waals surface area contributed by atoms with Gasteiger partial charge in [0.05, 0.1) is 47.1 Å². The first kappa shape index (κ1) is 28.6. The van der Waals surface area contributed by atoms with Gasteiger partial charge in [-0.3, -0.25) is 24.7 Å². The third-order valence-electron chi connectivity index (χ3n) is 7.07. The quantitative estimate of drug-likeness (QED) is 0.280. The molecule has 1 aliphatic heterocycles. The van der Waals surface area contributed by atoms with Crippen molar-refractivity contribution in [1.29, 1.82) is 0 Å². The number of sulfone groups is 1. The van der Waals surface area contributed by atoms with E-state index >= 15 is 0 Å². The number of aromatic amines is 1. The summed E-state index contributed by atoms with van der Waals surface area (Å²) >= 11 is 0. The number of ether oxygens (including phenoxy) is 1. The van der Waals surface area contributed by atoms with Crippen LogP contribution in [-0.2, 0) is 20.8 Å². The topological polar surface area (TPSA) is 150 Å². The van der Waals surface area contributed by atoms with E-state index in [0.29, 0.717) is 55.2 Å². The number of hydrogen-bond donors (Lipinski definition) is 2. The van der Waals surface area contributed by atoms with Crippen molar-refractivity contribution in [2.45, 2.75) is 50.4 Å². The first-order chi connectivity index (χ1) is 19.4. The lowest BCUT2D eigenvalue weighted by Crippen LogP contribution is -2.44. The van der Waals surface area contributed by atoms with Crippen LogP contribution in [-0.4, -0.2) is 82.7 Å². The smallest absolute Gasteiger partial charge is 0.417 e. The second-order valence-electron chi connectivity index (χ2n) is 10.2. The molecule has 12 nitrogen and oxygen atoms in total. The van der Waals surface area contributed by atoms with Crippen molar-refractivity contribution < 1.29 is 35.9 Å². The maximum absolute atomic E-state index is 13.1.